The standard InChI is InChI=1S/C14H20N2O3/c1-10(9-16-4-2-3-5-16)15-14(19)11-6-12(17)8-13(18)7-11/h6-8,10,17-18H,2-5,9H2,1H3,(H,15,19). The van der Waals surface area contributed by atoms with E-state index in [-0.39, 0.29) is 29.0 Å². The van der Waals surface area contributed by atoms with Gasteiger partial charge in [0.1, 0.15) is 11.5 Å². The topological polar surface area (TPSA) is 72.8 Å². The second-order valence-electron chi connectivity index (χ2n) is 5.12. The summed E-state index contributed by atoms with van der Waals surface area (Å²) in [5, 5.41) is 21.6. The summed E-state index contributed by atoms with van der Waals surface area (Å²) in [7, 11) is 0. The van der Waals surface area contributed by atoms with E-state index in [9.17, 15) is 15.0 Å². The van der Waals surface area contributed by atoms with Gasteiger partial charge in [0.2, 0.25) is 0 Å². The van der Waals surface area contributed by atoms with Gasteiger partial charge in [0.25, 0.3) is 5.91 Å². The Morgan fingerprint density at radius 1 is 1.26 bits per heavy atom. The first-order chi connectivity index (χ1) is 9.04. The maximum atomic E-state index is 12.0. The molecule has 0 saturated carbocycles. The van der Waals surface area contributed by atoms with Crippen LogP contribution >= 0.6 is 0 Å². The van der Waals surface area contributed by atoms with Crippen LogP contribution in [0.2, 0.25) is 0 Å². The quantitative estimate of drug-likeness (QED) is 0.766. The number of benzene rings is 1. The van der Waals surface area contributed by atoms with Crippen molar-refractivity contribution in [1.29, 1.82) is 0 Å². The van der Waals surface area contributed by atoms with Crippen molar-refractivity contribution in [1.82, 2.24) is 10.2 Å². The van der Waals surface area contributed by atoms with E-state index in [4.69, 9.17) is 0 Å². The van der Waals surface area contributed by atoms with Gasteiger partial charge in [-0.25, -0.2) is 0 Å². The molecule has 1 atom stereocenters. The first-order valence-electron chi connectivity index (χ1n) is 6.61. The second kappa shape index (κ2) is 5.93. The Kier molecular flexibility index (Phi) is 4.27. The maximum absolute atomic E-state index is 12.0. The van der Waals surface area contributed by atoms with Crippen molar-refractivity contribution < 1.29 is 15.0 Å². The molecule has 1 fully saturated rings. The summed E-state index contributed by atoms with van der Waals surface area (Å²) in [6, 6.07) is 3.93. The van der Waals surface area contributed by atoms with Crippen LogP contribution in [0, 0.1) is 0 Å². The van der Waals surface area contributed by atoms with Crippen LogP contribution in [-0.2, 0) is 0 Å². The molecular weight excluding hydrogens is 244 g/mol. The van der Waals surface area contributed by atoms with Gasteiger partial charge in [-0.2, -0.15) is 0 Å². The highest BCUT2D eigenvalue weighted by Crippen LogP contribution is 2.20. The minimum absolute atomic E-state index is 0.0371. The minimum atomic E-state index is -0.280. The Balaban J connectivity index is 1.92. The van der Waals surface area contributed by atoms with Crippen LogP contribution in [0.4, 0.5) is 0 Å². The second-order valence-corrected chi connectivity index (χ2v) is 5.12. The van der Waals surface area contributed by atoms with Crippen LogP contribution in [0.25, 0.3) is 0 Å². The molecule has 5 nitrogen and oxygen atoms in total. The highest BCUT2D eigenvalue weighted by atomic mass is 16.3. The van der Waals surface area contributed by atoms with E-state index in [1.165, 1.54) is 31.0 Å². The van der Waals surface area contributed by atoms with Gasteiger partial charge in [0.15, 0.2) is 0 Å². The summed E-state index contributed by atoms with van der Waals surface area (Å²) in [6.07, 6.45) is 2.45. The van der Waals surface area contributed by atoms with Gasteiger partial charge in [-0.15, -0.1) is 0 Å². The van der Waals surface area contributed by atoms with Crippen LogP contribution in [0.1, 0.15) is 30.1 Å². The lowest BCUT2D eigenvalue weighted by Gasteiger charge is -2.21. The molecule has 1 aromatic rings. The van der Waals surface area contributed by atoms with E-state index in [2.05, 4.69) is 10.2 Å². The van der Waals surface area contributed by atoms with Crippen LogP contribution in [0.15, 0.2) is 18.2 Å². The average molecular weight is 264 g/mol. The summed E-state index contributed by atoms with van der Waals surface area (Å²) < 4.78 is 0. The van der Waals surface area contributed by atoms with Crippen molar-refractivity contribution in [3.63, 3.8) is 0 Å². The highest BCUT2D eigenvalue weighted by Gasteiger charge is 2.17. The highest BCUT2D eigenvalue weighted by molar-refractivity contribution is 5.95. The predicted octanol–water partition coefficient (Wildman–Crippen LogP) is 1.31. The van der Waals surface area contributed by atoms with Crippen molar-refractivity contribution in [2.24, 2.45) is 0 Å². The average Bonchev–Trinajstić information content (AvgIpc) is 2.80. The van der Waals surface area contributed by atoms with Crippen molar-refractivity contribution in [2.75, 3.05) is 19.6 Å². The molecule has 1 aliphatic heterocycles. The molecule has 1 amide bonds. The number of amides is 1. The van der Waals surface area contributed by atoms with Gasteiger partial charge >= 0.3 is 0 Å². The van der Waals surface area contributed by atoms with Gasteiger partial charge in [-0.05, 0) is 45.0 Å². The number of rotatable bonds is 4. The van der Waals surface area contributed by atoms with E-state index in [1.54, 1.807) is 0 Å². The van der Waals surface area contributed by atoms with Gasteiger partial charge in [0, 0.05) is 24.2 Å². The van der Waals surface area contributed by atoms with E-state index in [1.807, 2.05) is 6.92 Å². The van der Waals surface area contributed by atoms with Crippen LogP contribution in [0.5, 0.6) is 11.5 Å². The molecule has 0 bridgehead atoms. The predicted molar refractivity (Wildman–Crippen MR) is 72.4 cm³/mol. The Hall–Kier alpha value is -1.75. The Morgan fingerprint density at radius 2 is 1.84 bits per heavy atom. The van der Waals surface area contributed by atoms with E-state index >= 15 is 0 Å². The summed E-state index contributed by atoms with van der Waals surface area (Å²) in [5.41, 5.74) is 0.269. The molecule has 1 unspecified atom stereocenters. The Labute approximate surface area is 112 Å². The molecule has 0 aromatic heterocycles. The molecule has 19 heavy (non-hydrogen) atoms. The molecular formula is C14H20N2O3. The summed E-state index contributed by atoms with van der Waals surface area (Å²) in [6.45, 7) is 4.97. The zero-order valence-electron chi connectivity index (χ0n) is 11.1. The monoisotopic (exact) mass is 264 g/mol. The lowest BCUT2D eigenvalue weighted by Crippen LogP contribution is -2.41. The van der Waals surface area contributed by atoms with E-state index in [0.717, 1.165) is 19.6 Å². The Bertz CT molecular complexity index is 436. The SMILES string of the molecule is CC(CN1CCCC1)NC(=O)c1cc(O)cc(O)c1. The van der Waals surface area contributed by atoms with E-state index < -0.39 is 0 Å². The number of carbonyl (C=O) groups is 1. The number of hydrogen-bond acceptors (Lipinski definition) is 4. The molecule has 1 saturated heterocycles. The summed E-state index contributed by atoms with van der Waals surface area (Å²) >= 11 is 0. The number of aromatic hydroxyl groups is 2. The normalized spacial score (nSPS) is 17.3. The number of carbonyl (C=O) groups excluding carboxylic acids is 1. The number of nitrogens with one attached hydrogen (secondary N) is 1. The van der Waals surface area contributed by atoms with Crippen molar-refractivity contribution in [2.45, 2.75) is 25.8 Å². The largest absolute Gasteiger partial charge is 0.508 e. The summed E-state index contributed by atoms with van der Waals surface area (Å²) in [4.78, 5) is 14.3. The van der Waals surface area contributed by atoms with Crippen molar-refractivity contribution in [3.8, 4) is 11.5 Å². The molecule has 0 aliphatic carbocycles. The third-order valence-corrected chi connectivity index (χ3v) is 3.27. The molecule has 5 heteroatoms. The fraction of sp³-hybridized carbons (Fsp3) is 0.500. The zero-order chi connectivity index (χ0) is 13.8. The minimum Gasteiger partial charge on any atom is -0.508 e. The Morgan fingerprint density at radius 3 is 2.42 bits per heavy atom. The molecule has 0 radical (unpaired) electrons. The molecule has 2 rings (SSSR count). The smallest absolute Gasteiger partial charge is 0.251 e. The molecule has 3 N–H and O–H groups in total. The first-order valence-corrected chi connectivity index (χ1v) is 6.61. The maximum Gasteiger partial charge on any atom is 0.251 e. The molecule has 1 heterocycles. The zero-order valence-corrected chi connectivity index (χ0v) is 11.1. The van der Waals surface area contributed by atoms with Crippen LogP contribution < -0.4 is 5.32 Å². The number of nitrogens with zero attached hydrogens (tertiary/aromatic N) is 1. The van der Waals surface area contributed by atoms with Gasteiger partial charge < -0.3 is 20.4 Å². The number of likely N-dealkylation sites (tertiary alicyclic amines) is 1. The lowest BCUT2D eigenvalue weighted by atomic mass is 10.1. The summed E-state index contributed by atoms with van der Waals surface area (Å²) in [5.74, 6) is -0.507. The van der Waals surface area contributed by atoms with Crippen LogP contribution in [-0.4, -0.2) is 46.7 Å². The number of phenols is 2. The lowest BCUT2D eigenvalue weighted by molar-refractivity contribution is 0.0931. The van der Waals surface area contributed by atoms with Crippen molar-refractivity contribution >= 4 is 5.91 Å². The fourth-order valence-electron chi connectivity index (χ4n) is 2.43. The first kappa shape index (κ1) is 13.7. The molecule has 1 aliphatic rings. The molecule has 0 spiro atoms. The molecule has 1 aromatic carbocycles. The van der Waals surface area contributed by atoms with E-state index in [0.29, 0.717) is 0 Å². The van der Waals surface area contributed by atoms with Crippen LogP contribution in [0.3, 0.4) is 0 Å². The third kappa shape index (κ3) is 3.86. The third-order valence-electron chi connectivity index (χ3n) is 3.27. The van der Waals surface area contributed by atoms with Gasteiger partial charge in [-0.1, -0.05) is 0 Å². The van der Waals surface area contributed by atoms with Gasteiger partial charge in [-0.3, -0.25) is 4.79 Å². The van der Waals surface area contributed by atoms with Crippen molar-refractivity contribution in [3.05, 3.63) is 23.8 Å². The number of phenolic OH excluding ortho intramolecular Hbond substituents is 2. The molecule has 104 valence electrons. The fourth-order valence-corrected chi connectivity index (χ4v) is 2.43. The number of hydrogen-bond donors (Lipinski definition) is 3. The van der Waals surface area contributed by atoms with Gasteiger partial charge in [0.05, 0.1) is 0 Å².